The van der Waals surface area contributed by atoms with Crippen LogP contribution in [0.1, 0.15) is 5.56 Å². The number of halogens is 5. The molecule has 0 aromatic heterocycles. The summed E-state index contributed by atoms with van der Waals surface area (Å²) in [6, 6.07) is 9.54. The summed E-state index contributed by atoms with van der Waals surface area (Å²) in [5, 5.41) is 2.50. The maximum atomic E-state index is 12.5. The number of hydrogen-bond acceptors (Lipinski definition) is 4. The van der Waals surface area contributed by atoms with Crippen LogP contribution in [0, 0.1) is 0 Å². The third-order valence-electron chi connectivity index (χ3n) is 3.25. The number of methoxy groups -OCH3 is 1. The van der Waals surface area contributed by atoms with Gasteiger partial charge < -0.3 is 25.3 Å². The molecule has 2 rings (SSSR count). The minimum Gasteiger partial charge on any atom is -0.493 e. The third kappa shape index (κ3) is 6.49. The average Bonchev–Trinajstić information content (AvgIpc) is 2.60. The van der Waals surface area contributed by atoms with E-state index in [0.717, 1.165) is 6.07 Å². The van der Waals surface area contributed by atoms with Crippen molar-refractivity contribution in [2.24, 2.45) is 10.7 Å². The van der Waals surface area contributed by atoms with Gasteiger partial charge in [0.15, 0.2) is 23.2 Å². The van der Waals surface area contributed by atoms with E-state index in [1.54, 1.807) is 6.07 Å². The lowest BCUT2D eigenvalue weighted by atomic mass is 10.2. The zero-order valence-electron chi connectivity index (χ0n) is 14.5. The van der Waals surface area contributed by atoms with Crippen LogP contribution >= 0.6 is 0 Å². The molecule has 0 heterocycles. The number of benzene rings is 2. The number of rotatable bonds is 7. The van der Waals surface area contributed by atoms with Gasteiger partial charge in [-0.05, 0) is 29.8 Å². The number of aliphatic imine (C=N–C) groups is 1. The van der Waals surface area contributed by atoms with Crippen LogP contribution in [0.3, 0.4) is 0 Å². The first-order chi connectivity index (χ1) is 13.2. The van der Waals surface area contributed by atoms with Crippen LogP contribution < -0.4 is 25.3 Å². The lowest BCUT2D eigenvalue weighted by Crippen LogP contribution is -2.24. The molecule has 0 aliphatic rings. The molecular weight excluding hydrogens is 389 g/mol. The standard InChI is InChI=1S/C17H16F5N3O3/c1-26-13-7-6-10(8-14(13)27-15(18)19)9-24-16(23)25-11-4-2-3-5-12(11)28-17(20,21)22/h2-8,15H,9H2,1H3,(H3,23,24,25). The lowest BCUT2D eigenvalue weighted by molar-refractivity contribution is -0.274. The minimum atomic E-state index is -4.87. The Morgan fingerprint density at radius 2 is 1.82 bits per heavy atom. The molecule has 0 bridgehead atoms. The molecule has 0 aliphatic carbocycles. The molecule has 0 unspecified atom stereocenters. The number of nitrogens with one attached hydrogen (secondary N) is 1. The van der Waals surface area contributed by atoms with Crippen molar-refractivity contribution in [2.45, 2.75) is 19.5 Å². The molecule has 0 aliphatic heterocycles. The van der Waals surface area contributed by atoms with E-state index >= 15 is 0 Å². The highest BCUT2D eigenvalue weighted by molar-refractivity contribution is 5.93. The fourth-order valence-electron chi connectivity index (χ4n) is 2.15. The highest BCUT2D eigenvalue weighted by Crippen LogP contribution is 2.31. The van der Waals surface area contributed by atoms with E-state index in [4.69, 9.17) is 10.5 Å². The molecule has 0 saturated heterocycles. The molecule has 0 atom stereocenters. The van der Waals surface area contributed by atoms with Crippen LogP contribution in [0.25, 0.3) is 0 Å². The fourth-order valence-corrected chi connectivity index (χ4v) is 2.15. The molecule has 0 saturated carbocycles. The van der Waals surface area contributed by atoms with E-state index in [2.05, 4.69) is 19.8 Å². The van der Waals surface area contributed by atoms with Crippen molar-refractivity contribution in [3.63, 3.8) is 0 Å². The molecular formula is C17H16F5N3O3. The number of nitrogens with two attached hydrogens (primary N) is 1. The molecule has 0 amide bonds. The SMILES string of the molecule is COc1ccc(CN=C(N)Nc2ccccc2OC(F)(F)F)cc1OC(F)F. The molecule has 2 aromatic rings. The number of ether oxygens (including phenoxy) is 3. The van der Waals surface area contributed by atoms with Gasteiger partial charge in [-0.15, -0.1) is 13.2 Å². The number of hydrogen-bond donors (Lipinski definition) is 2. The van der Waals surface area contributed by atoms with E-state index in [1.807, 2.05) is 0 Å². The summed E-state index contributed by atoms with van der Waals surface area (Å²) in [4.78, 5) is 3.97. The van der Waals surface area contributed by atoms with Crippen molar-refractivity contribution in [3.05, 3.63) is 48.0 Å². The molecule has 152 valence electrons. The molecule has 3 N–H and O–H groups in total. The summed E-state index contributed by atoms with van der Waals surface area (Å²) in [5.74, 6) is -0.756. The predicted octanol–water partition coefficient (Wildman–Crippen LogP) is 4.12. The van der Waals surface area contributed by atoms with Crippen LogP contribution in [0.15, 0.2) is 47.5 Å². The Hall–Kier alpha value is -3.24. The van der Waals surface area contributed by atoms with E-state index in [0.29, 0.717) is 5.56 Å². The maximum absolute atomic E-state index is 12.5. The first-order valence-corrected chi connectivity index (χ1v) is 7.71. The van der Waals surface area contributed by atoms with Crippen molar-refractivity contribution >= 4 is 11.6 Å². The molecule has 2 aromatic carbocycles. The molecule has 6 nitrogen and oxygen atoms in total. The topological polar surface area (TPSA) is 78.1 Å². The second-order valence-corrected chi connectivity index (χ2v) is 5.23. The van der Waals surface area contributed by atoms with E-state index in [1.165, 1.54) is 37.4 Å². The van der Waals surface area contributed by atoms with E-state index < -0.39 is 18.7 Å². The molecule has 0 fully saturated rings. The Bertz CT molecular complexity index is 828. The van der Waals surface area contributed by atoms with Gasteiger partial charge in [0.2, 0.25) is 0 Å². The first kappa shape index (κ1) is 21.1. The van der Waals surface area contributed by atoms with Gasteiger partial charge >= 0.3 is 13.0 Å². The fraction of sp³-hybridized carbons (Fsp3) is 0.235. The lowest BCUT2D eigenvalue weighted by Gasteiger charge is -2.14. The number of guanidine groups is 1. The van der Waals surface area contributed by atoms with Gasteiger partial charge in [-0.3, -0.25) is 0 Å². The summed E-state index contributed by atoms with van der Waals surface area (Å²) in [6.45, 7) is -3.09. The monoisotopic (exact) mass is 405 g/mol. The largest absolute Gasteiger partial charge is 0.573 e. The van der Waals surface area contributed by atoms with Gasteiger partial charge in [-0.1, -0.05) is 18.2 Å². The van der Waals surface area contributed by atoms with Gasteiger partial charge in [-0.25, -0.2) is 4.99 Å². The Labute approximate surface area is 156 Å². The summed E-state index contributed by atoms with van der Waals surface area (Å²) >= 11 is 0. The van der Waals surface area contributed by atoms with Crippen LogP contribution in [0.4, 0.5) is 27.6 Å². The second-order valence-electron chi connectivity index (χ2n) is 5.23. The normalized spacial score (nSPS) is 12.0. The van der Waals surface area contributed by atoms with E-state index in [9.17, 15) is 22.0 Å². The maximum Gasteiger partial charge on any atom is 0.573 e. The smallest absolute Gasteiger partial charge is 0.493 e. The Morgan fingerprint density at radius 3 is 2.46 bits per heavy atom. The van der Waals surface area contributed by atoms with Crippen molar-refractivity contribution < 1.29 is 36.2 Å². The Morgan fingerprint density at radius 1 is 1.11 bits per heavy atom. The van der Waals surface area contributed by atoms with Crippen molar-refractivity contribution in [2.75, 3.05) is 12.4 Å². The summed E-state index contributed by atoms with van der Waals surface area (Å²) in [6.07, 6.45) is -4.87. The third-order valence-corrected chi connectivity index (χ3v) is 3.25. The van der Waals surface area contributed by atoms with Crippen LogP contribution in [0.5, 0.6) is 17.2 Å². The highest BCUT2D eigenvalue weighted by atomic mass is 19.4. The summed E-state index contributed by atoms with van der Waals surface area (Å²) < 4.78 is 75.4. The average molecular weight is 405 g/mol. The van der Waals surface area contributed by atoms with Gasteiger partial charge in [0.1, 0.15) is 0 Å². The zero-order chi connectivity index (χ0) is 20.7. The number of anilines is 1. The predicted molar refractivity (Wildman–Crippen MR) is 91.7 cm³/mol. The molecule has 28 heavy (non-hydrogen) atoms. The Balaban J connectivity index is 2.11. The van der Waals surface area contributed by atoms with Crippen LogP contribution in [0.2, 0.25) is 0 Å². The molecule has 11 heteroatoms. The Kier molecular flexibility index (Phi) is 6.85. The van der Waals surface area contributed by atoms with Gasteiger partial charge in [0.25, 0.3) is 0 Å². The van der Waals surface area contributed by atoms with Crippen molar-refractivity contribution in [1.29, 1.82) is 0 Å². The quantitative estimate of drug-likeness (QED) is 0.412. The van der Waals surface area contributed by atoms with Crippen molar-refractivity contribution in [3.8, 4) is 17.2 Å². The highest BCUT2D eigenvalue weighted by Gasteiger charge is 2.32. The number of para-hydroxylation sites is 2. The van der Waals surface area contributed by atoms with Crippen LogP contribution in [-0.4, -0.2) is 26.0 Å². The summed E-state index contributed by atoms with van der Waals surface area (Å²) in [7, 11) is 1.30. The van der Waals surface area contributed by atoms with Crippen LogP contribution in [-0.2, 0) is 6.54 Å². The number of alkyl halides is 5. The first-order valence-electron chi connectivity index (χ1n) is 7.71. The van der Waals surface area contributed by atoms with Crippen molar-refractivity contribution in [1.82, 2.24) is 0 Å². The van der Waals surface area contributed by atoms with Gasteiger partial charge in [0.05, 0.1) is 19.3 Å². The van der Waals surface area contributed by atoms with Gasteiger partial charge in [0, 0.05) is 0 Å². The zero-order valence-corrected chi connectivity index (χ0v) is 14.5. The van der Waals surface area contributed by atoms with Gasteiger partial charge in [-0.2, -0.15) is 8.78 Å². The molecule has 0 radical (unpaired) electrons. The number of nitrogens with zero attached hydrogens (tertiary/aromatic N) is 1. The molecule has 0 spiro atoms. The second kappa shape index (κ2) is 9.11. The summed E-state index contributed by atoms with van der Waals surface area (Å²) in [5.41, 5.74) is 6.10. The minimum absolute atomic E-state index is 0.0440. The van der Waals surface area contributed by atoms with E-state index in [-0.39, 0.29) is 29.7 Å².